The molecule has 0 N–H and O–H groups in total. The summed E-state index contributed by atoms with van der Waals surface area (Å²) >= 11 is 0. The van der Waals surface area contributed by atoms with Crippen molar-refractivity contribution in [2.45, 2.75) is 17.9 Å². The van der Waals surface area contributed by atoms with Crippen LogP contribution in [0, 0.1) is 5.92 Å². The van der Waals surface area contributed by atoms with Gasteiger partial charge in [-0.25, -0.2) is 4.98 Å². The summed E-state index contributed by atoms with van der Waals surface area (Å²) in [4.78, 5) is 15.9. The van der Waals surface area contributed by atoms with Crippen molar-refractivity contribution in [2.24, 2.45) is 5.92 Å². The first-order valence-corrected chi connectivity index (χ1v) is 10.0. The lowest BCUT2D eigenvalue weighted by Gasteiger charge is -2.37. The van der Waals surface area contributed by atoms with E-state index >= 15 is 0 Å². The van der Waals surface area contributed by atoms with E-state index in [0.29, 0.717) is 0 Å². The van der Waals surface area contributed by atoms with E-state index in [9.17, 15) is 4.79 Å². The maximum absolute atomic E-state index is 11.2. The van der Waals surface area contributed by atoms with Crippen LogP contribution in [0.5, 0.6) is 0 Å². The molecule has 3 nitrogen and oxygen atoms in total. The molecule has 29 heavy (non-hydrogen) atoms. The van der Waals surface area contributed by atoms with Gasteiger partial charge in [0.15, 0.2) is 0 Å². The van der Waals surface area contributed by atoms with Gasteiger partial charge < -0.3 is 9.36 Å². The minimum absolute atomic E-state index is 0.109. The summed E-state index contributed by atoms with van der Waals surface area (Å²) in [6, 6.07) is 31.6. The number of imidazole rings is 1. The van der Waals surface area contributed by atoms with Gasteiger partial charge in [-0.3, -0.25) is 0 Å². The van der Waals surface area contributed by atoms with Crippen LogP contribution in [-0.2, 0) is 10.3 Å². The molecule has 4 aromatic rings. The lowest BCUT2D eigenvalue weighted by molar-refractivity contribution is -0.108. The zero-order valence-electron chi connectivity index (χ0n) is 16.1. The molecule has 1 aromatic heterocycles. The highest BCUT2D eigenvalue weighted by Crippen LogP contribution is 2.47. The van der Waals surface area contributed by atoms with Crippen molar-refractivity contribution >= 4 is 6.29 Å². The Morgan fingerprint density at radius 1 is 0.793 bits per heavy atom. The number of hydrogen-bond acceptors (Lipinski definition) is 2. The van der Waals surface area contributed by atoms with E-state index in [-0.39, 0.29) is 11.8 Å². The summed E-state index contributed by atoms with van der Waals surface area (Å²) in [5, 5.41) is 0. The Labute approximate surface area is 170 Å². The van der Waals surface area contributed by atoms with Crippen molar-refractivity contribution in [3.05, 3.63) is 126 Å². The van der Waals surface area contributed by atoms with Crippen LogP contribution in [0.25, 0.3) is 0 Å². The van der Waals surface area contributed by atoms with E-state index < -0.39 is 5.54 Å². The van der Waals surface area contributed by atoms with E-state index in [4.69, 9.17) is 4.98 Å². The number of hydrogen-bond donors (Lipinski definition) is 0. The largest absolute Gasteiger partial charge is 0.319 e. The molecule has 2 atom stereocenters. The van der Waals surface area contributed by atoms with Crippen molar-refractivity contribution in [3.8, 4) is 0 Å². The number of nitrogens with zero attached hydrogens (tertiary/aromatic N) is 2. The van der Waals surface area contributed by atoms with Crippen molar-refractivity contribution in [1.29, 1.82) is 0 Å². The van der Waals surface area contributed by atoms with Gasteiger partial charge in [-0.15, -0.1) is 0 Å². The Balaban J connectivity index is 1.78. The fourth-order valence-electron chi connectivity index (χ4n) is 4.40. The highest BCUT2D eigenvalue weighted by molar-refractivity contribution is 5.61. The monoisotopic (exact) mass is 378 g/mol. The zero-order chi connectivity index (χ0) is 19.7. The molecule has 0 spiro atoms. The van der Waals surface area contributed by atoms with E-state index in [1.54, 1.807) is 0 Å². The second-order valence-electron chi connectivity index (χ2n) is 7.66. The second-order valence-corrected chi connectivity index (χ2v) is 7.66. The van der Waals surface area contributed by atoms with Gasteiger partial charge in [0.2, 0.25) is 0 Å². The maximum Gasteiger partial charge on any atom is 0.123 e. The molecule has 0 amide bonds. The fraction of sp³-hybridized carbons (Fsp3) is 0.154. The molecule has 1 aliphatic rings. The first-order valence-electron chi connectivity index (χ1n) is 10.0. The SMILES string of the molecule is O=C[C@H]1C[C@H]1c1cn(C(c2ccccc2)(c2ccccc2)c2ccccc2)cn1. The van der Waals surface area contributed by atoms with E-state index in [1.807, 2.05) is 24.5 Å². The molecule has 0 unspecified atom stereocenters. The number of benzene rings is 3. The third-order valence-electron chi connectivity index (χ3n) is 5.96. The normalized spacial score (nSPS) is 18.3. The van der Waals surface area contributed by atoms with Gasteiger partial charge in [-0.05, 0) is 23.1 Å². The first-order chi connectivity index (χ1) is 14.3. The van der Waals surface area contributed by atoms with Crippen LogP contribution in [0.2, 0.25) is 0 Å². The van der Waals surface area contributed by atoms with Crippen LogP contribution >= 0.6 is 0 Å². The molecule has 0 saturated heterocycles. The summed E-state index contributed by atoms with van der Waals surface area (Å²) in [5.74, 6) is 0.353. The number of carbonyl (C=O) groups is 1. The quantitative estimate of drug-likeness (QED) is 0.349. The molecule has 1 aliphatic carbocycles. The number of aldehydes is 1. The van der Waals surface area contributed by atoms with Gasteiger partial charge in [0.05, 0.1) is 12.0 Å². The molecular formula is C26H22N2O. The Morgan fingerprint density at radius 3 is 1.69 bits per heavy atom. The summed E-state index contributed by atoms with van der Waals surface area (Å²) in [7, 11) is 0. The van der Waals surface area contributed by atoms with E-state index in [1.165, 1.54) is 16.7 Å². The number of rotatable bonds is 6. The summed E-state index contributed by atoms with van der Waals surface area (Å²) in [5.41, 5.74) is 3.96. The first kappa shape index (κ1) is 17.6. The molecule has 0 radical (unpaired) electrons. The van der Waals surface area contributed by atoms with Crippen molar-refractivity contribution < 1.29 is 4.79 Å². The van der Waals surface area contributed by atoms with Crippen LogP contribution in [0.1, 0.15) is 34.7 Å². The van der Waals surface area contributed by atoms with Crippen LogP contribution in [0.3, 0.4) is 0 Å². The predicted octanol–water partition coefficient (Wildman–Crippen LogP) is 5.03. The molecule has 5 rings (SSSR count). The Bertz CT molecular complexity index is 1010. The summed E-state index contributed by atoms with van der Waals surface area (Å²) in [6.45, 7) is 0. The van der Waals surface area contributed by atoms with Gasteiger partial charge in [-0.2, -0.15) is 0 Å². The van der Waals surface area contributed by atoms with E-state index in [2.05, 4.69) is 83.6 Å². The lowest BCUT2D eigenvalue weighted by Crippen LogP contribution is -2.36. The highest BCUT2D eigenvalue weighted by atomic mass is 16.1. The molecule has 1 heterocycles. The van der Waals surface area contributed by atoms with Gasteiger partial charge in [0.25, 0.3) is 0 Å². The molecular weight excluding hydrogens is 356 g/mol. The van der Waals surface area contributed by atoms with Gasteiger partial charge in [-0.1, -0.05) is 91.0 Å². The molecule has 0 bridgehead atoms. The standard InChI is InChI=1S/C26H22N2O/c29-18-20-16-24(20)25-17-28(19-27-25)26(21-10-4-1-5-11-21,22-12-6-2-7-13-22)23-14-8-3-9-15-23/h1-15,17-20,24H,16H2/t20-,24-/m1/s1. The third kappa shape index (κ3) is 2.90. The lowest BCUT2D eigenvalue weighted by atomic mass is 9.77. The number of carbonyl (C=O) groups excluding carboxylic acids is 1. The fourth-order valence-corrected chi connectivity index (χ4v) is 4.40. The summed E-state index contributed by atoms with van der Waals surface area (Å²) in [6.07, 6.45) is 6.00. The topological polar surface area (TPSA) is 34.9 Å². The molecule has 3 heteroatoms. The third-order valence-corrected chi connectivity index (χ3v) is 5.96. The van der Waals surface area contributed by atoms with Crippen molar-refractivity contribution in [2.75, 3.05) is 0 Å². The van der Waals surface area contributed by atoms with Crippen molar-refractivity contribution in [1.82, 2.24) is 9.55 Å². The van der Waals surface area contributed by atoms with Gasteiger partial charge >= 0.3 is 0 Å². The van der Waals surface area contributed by atoms with E-state index in [0.717, 1.165) is 18.4 Å². The average Bonchev–Trinajstić information content (AvgIpc) is 3.44. The van der Waals surface area contributed by atoms with Gasteiger partial charge in [0, 0.05) is 18.0 Å². The zero-order valence-corrected chi connectivity index (χ0v) is 16.1. The van der Waals surface area contributed by atoms with Crippen LogP contribution < -0.4 is 0 Å². The maximum atomic E-state index is 11.2. The molecule has 1 fully saturated rings. The Morgan fingerprint density at radius 2 is 1.28 bits per heavy atom. The van der Waals surface area contributed by atoms with Crippen LogP contribution in [0.4, 0.5) is 0 Å². The predicted molar refractivity (Wildman–Crippen MR) is 114 cm³/mol. The minimum Gasteiger partial charge on any atom is -0.319 e. The Kier molecular flexibility index (Phi) is 4.36. The molecule has 142 valence electrons. The minimum atomic E-state index is -0.541. The highest BCUT2D eigenvalue weighted by Gasteiger charge is 2.42. The molecule has 3 aromatic carbocycles. The number of aromatic nitrogens is 2. The molecule has 0 aliphatic heterocycles. The Hall–Kier alpha value is -3.46. The van der Waals surface area contributed by atoms with Crippen LogP contribution in [0.15, 0.2) is 104 Å². The van der Waals surface area contributed by atoms with Gasteiger partial charge in [0.1, 0.15) is 11.8 Å². The summed E-state index contributed by atoms with van der Waals surface area (Å²) < 4.78 is 2.21. The van der Waals surface area contributed by atoms with Crippen LogP contribution in [-0.4, -0.2) is 15.8 Å². The smallest absolute Gasteiger partial charge is 0.123 e. The average molecular weight is 378 g/mol. The molecule has 1 saturated carbocycles. The van der Waals surface area contributed by atoms with Crippen molar-refractivity contribution in [3.63, 3.8) is 0 Å². The second kappa shape index (κ2) is 7.17.